The molecular formula is C15H23N3O2. The van der Waals surface area contributed by atoms with Crippen LogP contribution in [-0.2, 0) is 22.4 Å². The molecule has 0 aliphatic carbocycles. The number of carbonyl (C=O) groups excluding carboxylic acids is 1. The summed E-state index contributed by atoms with van der Waals surface area (Å²) in [7, 11) is 1.66. The molecule has 0 spiro atoms. The van der Waals surface area contributed by atoms with Gasteiger partial charge < -0.3 is 9.64 Å². The molecule has 20 heavy (non-hydrogen) atoms. The van der Waals surface area contributed by atoms with Gasteiger partial charge in [-0.2, -0.15) is 0 Å². The summed E-state index contributed by atoms with van der Waals surface area (Å²) in [6.07, 6.45) is 2.39. The average molecular weight is 277 g/mol. The summed E-state index contributed by atoms with van der Waals surface area (Å²) >= 11 is 0. The molecule has 0 radical (unpaired) electrons. The zero-order valence-electron chi connectivity index (χ0n) is 12.6. The number of amides is 1. The Morgan fingerprint density at radius 3 is 2.85 bits per heavy atom. The molecule has 2 rings (SSSR count). The van der Waals surface area contributed by atoms with Crippen LogP contribution in [0.1, 0.15) is 30.6 Å². The summed E-state index contributed by atoms with van der Waals surface area (Å²) in [5, 5.41) is 0. The minimum atomic E-state index is 0.230. The first kappa shape index (κ1) is 14.9. The van der Waals surface area contributed by atoms with Crippen molar-refractivity contribution in [2.75, 3.05) is 26.8 Å². The molecule has 5 heteroatoms. The smallest absolute Gasteiger partial charge is 0.223 e. The highest BCUT2D eigenvalue weighted by Gasteiger charge is 2.29. The van der Waals surface area contributed by atoms with Crippen LogP contribution in [0.5, 0.6) is 0 Å². The second kappa shape index (κ2) is 6.79. The molecule has 1 saturated heterocycles. The molecule has 1 aliphatic rings. The van der Waals surface area contributed by atoms with Crippen LogP contribution in [0.2, 0.25) is 0 Å². The van der Waals surface area contributed by atoms with Gasteiger partial charge in [0, 0.05) is 38.0 Å². The highest BCUT2D eigenvalue weighted by atomic mass is 16.5. The predicted molar refractivity (Wildman–Crippen MR) is 76.4 cm³/mol. The number of ether oxygens (including phenoxy) is 1. The highest BCUT2D eigenvalue weighted by Crippen LogP contribution is 2.21. The molecule has 1 unspecified atom stereocenters. The Morgan fingerprint density at radius 2 is 2.15 bits per heavy atom. The van der Waals surface area contributed by atoms with Crippen LogP contribution >= 0.6 is 0 Å². The van der Waals surface area contributed by atoms with Crippen LogP contribution in [0.4, 0.5) is 0 Å². The van der Waals surface area contributed by atoms with Crippen LogP contribution in [0.15, 0.2) is 6.07 Å². The second-order valence-corrected chi connectivity index (χ2v) is 5.36. The second-order valence-electron chi connectivity index (χ2n) is 5.36. The van der Waals surface area contributed by atoms with Crippen LogP contribution in [0, 0.1) is 12.8 Å². The van der Waals surface area contributed by atoms with Crippen LogP contribution in [0.3, 0.4) is 0 Å². The third-order valence-corrected chi connectivity index (χ3v) is 3.66. The van der Waals surface area contributed by atoms with E-state index in [-0.39, 0.29) is 5.91 Å². The lowest BCUT2D eigenvalue weighted by molar-refractivity contribution is -0.128. The molecule has 1 amide bonds. The van der Waals surface area contributed by atoms with Gasteiger partial charge in [0.2, 0.25) is 5.91 Å². The van der Waals surface area contributed by atoms with E-state index in [2.05, 4.69) is 23.0 Å². The van der Waals surface area contributed by atoms with Crippen LogP contribution in [-0.4, -0.2) is 47.6 Å². The molecule has 110 valence electrons. The fourth-order valence-electron chi connectivity index (χ4n) is 2.69. The lowest BCUT2D eigenvalue weighted by Crippen LogP contribution is -2.29. The van der Waals surface area contributed by atoms with Gasteiger partial charge in [-0.15, -0.1) is 0 Å². The Bertz CT molecular complexity index is 476. The number of carbonyl (C=O) groups is 1. The van der Waals surface area contributed by atoms with Gasteiger partial charge in [-0.25, -0.2) is 9.97 Å². The number of likely N-dealkylation sites (tertiary alicyclic amines) is 1. The first-order valence-corrected chi connectivity index (χ1v) is 7.22. The maximum Gasteiger partial charge on any atom is 0.223 e. The molecule has 1 atom stereocenters. The summed E-state index contributed by atoms with van der Waals surface area (Å²) < 4.78 is 5.04. The number of aromatic nitrogens is 2. The van der Waals surface area contributed by atoms with Gasteiger partial charge in [0.05, 0.1) is 6.61 Å². The van der Waals surface area contributed by atoms with Crippen molar-refractivity contribution in [1.82, 2.24) is 14.9 Å². The Balaban J connectivity index is 1.97. The van der Waals surface area contributed by atoms with Crippen molar-refractivity contribution in [2.45, 2.75) is 33.1 Å². The lowest BCUT2D eigenvalue weighted by Gasteiger charge is -2.16. The van der Waals surface area contributed by atoms with Gasteiger partial charge in [0.1, 0.15) is 5.82 Å². The van der Waals surface area contributed by atoms with Crippen molar-refractivity contribution in [3.63, 3.8) is 0 Å². The van der Waals surface area contributed by atoms with Crippen LogP contribution in [0.25, 0.3) is 0 Å². The predicted octanol–water partition coefficient (Wildman–Crippen LogP) is 1.38. The molecule has 0 aromatic carbocycles. The number of hydrogen-bond donors (Lipinski definition) is 0. The number of nitrogens with zero attached hydrogens (tertiary/aromatic N) is 3. The SMILES string of the molecule is CCc1cc(CC2CC(=O)N(CCOC)C2)nc(C)n1. The van der Waals surface area contributed by atoms with Gasteiger partial charge in [0.15, 0.2) is 0 Å². The maximum atomic E-state index is 11.9. The Kier molecular flexibility index (Phi) is 5.06. The first-order valence-electron chi connectivity index (χ1n) is 7.22. The number of aryl methyl sites for hydroxylation is 2. The fourth-order valence-corrected chi connectivity index (χ4v) is 2.69. The van der Waals surface area contributed by atoms with Gasteiger partial charge >= 0.3 is 0 Å². The summed E-state index contributed by atoms with van der Waals surface area (Å²) in [5.41, 5.74) is 2.13. The quantitative estimate of drug-likeness (QED) is 0.788. The average Bonchev–Trinajstić information content (AvgIpc) is 2.75. The minimum absolute atomic E-state index is 0.230. The molecule has 2 heterocycles. The van der Waals surface area contributed by atoms with E-state index in [0.29, 0.717) is 25.5 Å². The topological polar surface area (TPSA) is 55.3 Å². The molecule has 0 bridgehead atoms. The molecule has 1 aliphatic heterocycles. The summed E-state index contributed by atoms with van der Waals surface area (Å²) in [5.74, 6) is 1.41. The van der Waals surface area contributed by atoms with Gasteiger partial charge in [-0.05, 0) is 31.7 Å². The van der Waals surface area contributed by atoms with Crippen molar-refractivity contribution in [3.05, 3.63) is 23.3 Å². The third kappa shape index (κ3) is 3.76. The monoisotopic (exact) mass is 277 g/mol. The van der Waals surface area contributed by atoms with E-state index in [1.807, 2.05) is 11.8 Å². The van der Waals surface area contributed by atoms with Crippen molar-refractivity contribution in [1.29, 1.82) is 0 Å². The largest absolute Gasteiger partial charge is 0.383 e. The van der Waals surface area contributed by atoms with Crippen molar-refractivity contribution < 1.29 is 9.53 Å². The van der Waals surface area contributed by atoms with Crippen molar-refractivity contribution >= 4 is 5.91 Å². The van der Waals surface area contributed by atoms with Crippen molar-refractivity contribution in [3.8, 4) is 0 Å². The minimum Gasteiger partial charge on any atom is -0.383 e. The fraction of sp³-hybridized carbons (Fsp3) is 0.667. The standard InChI is InChI=1S/C15H23N3O2/c1-4-13-9-14(17-11(2)16-13)7-12-8-15(19)18(10-12)5-6-20-3/h9,12H,4-8,10H2,1-3H3. The normalized spacial score (nSPS) is 18.9. The number of methoxy groups -OCH3 is 1. The summed E-state index contributed by atoms with van der Waals surface area (Å²) in [6, 6.07) is 2.06. The zero-order chi connectivity index (χ0) is 14.5. The van der Waals surface area contributed by atoms with E-state index >= 15 is 0 Å². The highest BCUT2D eigenvalue weighted by molar-refractivity contribution is 5.78. The van der Waals surface area contributed by atoms with Gasteiger partial charge in [0.25, 0.3) is 0 Å². The Labute approximate surface area is 120 Å². The van der Waals surface area contributed by atoms with Crippen molar-refractivity contribution in [2.24, 2.45) is 5.92 Å². The molecule has 1 aromatic rings. The molecule has 1 fully saturated rings. The maximum absolute atomic E-state index is 11.9. The molecule has 0 saturated carbocycles. The van der Waals surface area contributed by atoms with E-state index in [4.69, 9.17) is 4.74 Å². The van der Waals surface area contributed by atoms with Gasteiger partial charge in [-0.3, -0.25) is 4.79 Å². The van der Waals surface area contributed by atoms with E-state index in [0.717, 1.165) is 36.6 Å². The Hall–Kier alpha value is -1.49. The zero-order valence-corrected chi connectivity index (χ0v) is 12.6. The molecule has 1 aromatic heterocycles. The number of hydrogen-bond acceptors (Lipinski definition) is 4. The lowest BCUT2D eigenvalue weighted by atomic mass is 10.0. The van der Waals surface area contributed by atoms with E-state index < -0.39 is 0 Å². The molecule has 5 nitrogen and oxygen atoms in total. The Morgan fingerprint density at radius 1 is 1.40 bits per heavy atom. The number of rotatable bonds is 6. The van der Waals surface area contributed by atoms with Crippen LogP contribution < -0.4 is 0 Å². The molecule has 0 N–H and O–H groups in total. The van der Waals surface area contributed by atoms with E-state index in [1.165, 1.54) is 0 Å². The first-order chi connectivity index (χ1) is 9.62. The van der Waals surface area contributed by atoms with E-state index in [1.54, 1.807) is 7.11 Å². The summed E-state index contributed by atoms with van der Waals surface area (Å²) in [4.78, 5) is 22.7. The molecular weight excluding hydrogens is 254 g/mol. The van der Waals surface area contributed by atoms with E-state index in [9.17, 15) is 4.79 Å². The van der Waals surface area contributed by atoms with Gasteiger partial charge in [-0.1, -0.05) is 6.92 Å². The summed E-state index contributed by atoms with van der Waals surface area (Å²) in [6.45, 7) is 6.12. The third-order valence-electron chi connectivity index (χ3n) is 3.66.